The van der Waals surface area contributed by atoms with Crippen molar-refractivity contribution in [3.8, 4) is 17.6 Å². The Morgan fingerprint density at radius 1 is 1.44 bits per heavy atom. The van der Waals surface area contributed by atoms with Crippen molar-refractivity contribution in [2.75, 3.05) is 0 Å². The van der Waals surface area contributed by atoms with E-state index in [1.165, 1.54) is 12.1 Å². The summed E-state index contributed by atoms with van der Waals surface area (Å²) in [6.45, 7) is 8.59. The second-order valence-corrected chi connectivity index (χ2v) is 4.90. The summed E-state index contributed by atoms with van der Waals surface area (Å²) < 4.78 is 5.67. The zero-order valence-electron chi connectivity index (χ0n) is 13.6. The van der Waals surface area contributed by atoms with Gasteiger partial charge in [0.05, 0.1) is 12.3 Å². The molecule has 1 amide bonds. The molecular formula is C18H15N5O2. The fourth-order valence-corrected chi connectivity index (χ4v) is 1.85. The summed E-state index contributed by atoms with van der Waals surface area (Å²) in [5.74, 6) is 0.584. The van der Waals surface area contributed by atoms with Gasteiger partial charge in [-0.2, -0.15) is 5.26 Å². The van der Waals surface area contributed by atoms with Gasteiger partial charge < -0.3 is 10.1 Å². The highest BCUT2D eigenvalue weighted by molar-refractivity contribution is 5.94. The molecule has 0 saturated heterocycles. The van der Waals surface area contributed by atoms with Crippen LogP contribution in [0.4, 0.5) is 0 Å². The normalized spacial score (nSPS) is 10.5. The van der Waals surface area contributed by atoms with Crippen molar-refractivity contribution in [3.05, 3.63) is 72.1 Å². The molecule has 0 aliphatic rings. The summed E-state index contributed by atoms with van der Waals surface area (Å²) in [6.07, 6.45) is 4.51. The first kappa shape index (κ1) is 17.6. The molecule has 0 aliphatic heterocycles. The van der Waals surface area contributed by atoms with Crippen LogP contribution in [0.15, 0.2) is 65.7 Å². The topological polar surface area (TPSA) is 100 Å². The molecule has 25 heavy (non-hydrogen) atoms. The van der Waals surface area contributed by atoms with E-state index in [1.807, 2.05) is 6.07 Å². The number of rotatable bonds is 6. The SMILES string of the molecule is C=N/C(=C\C(=C)C#N)NC(=O)c1cc(Oc2cccnc2)cc(C)n1. The third kappa shape index (κ3) is 5.11. The predicted molar refractivity (Wildman–Crippen MR) is 93.1 cm³/mol. The molecule has 0 aromatic carbocycles. The molecule has 0 fully saturated rings. The Morgan fingerprint density at radius 2 is 2.24 bits per heavy atom. The molecule has 0 bridgehead atoms. The minimum absolute atomic E-state index is 0.106. The lowest BCUT2D eigenvalue weighted by molar-refractivity contribution is 0.0960. The van der Waals surface area contributed by atoms with Gasteiger partial charge in [-0.05, 0) is 31.9 Å². The first-order chi connectivity index (χ1) is 12.0. The van der Waals surface area contributed by atoms with Gasteiger partial charge >= 0.3 is 0 Å². The average molecular weight is 333 g/mol. The zero-order valence-corrected chi connectivity index (χ0v) is 13.6. The minimum atomic E-state index is -0.510. The summed E-state index contributed by atoms with van der Waals surface area (Å²) in [5, 5.41) is 11.3. The van der Waals surface area contributed by atoms with E-state index in [4.69, 9.17) is 10.00 Å². The molecular weight excluding hydrogens is 318 g/mol. The third-order valence-electron chi connectivity index (χ3n) is 2.90. The Labute approximate surface area is 145 Å². The molecule has 124 valence electrons. The van der Waals surface area contributed by atoms with Crippen LogP contribution in [0.2, 0.25) is 0 Å². The summed E-state index contributed by atoms with van der Waals surface area (Å²) in [4.78, 5) is 24.2. The van der Waals surface area contributed by atoms with Crippen LogP contribution in [0.1, 0.15) is 16.2 Å². The number of hydrogen-bond acceptors (Lipinski definition) is 6. The van der Waals surface area contributed by atoms with Crippen LogP contribution in [0.5, 0.6) is 11.5 Å². The van der Waals surface area contributed by atoms with E-state index < -0.39 is 5.91 Å². The van der Waals surface area contributed by atoms with E-state index in [1.54, 1.807) is 37.5 Å². The highest BCUT2D eigenvalue weighted by Gasteiger charge is 2.12. The van der Waals surface area contributed by atoms with Crippen LogP contribution in [-0.2, 0) is 0 Å². The number of nitrogens with one attached hydrogen (secondary N) is 1. The maximum Gasteiger partial charge on any atom is 0.275 e. The molecule has 1 N–H and O–H groups in total. The van der Waals surface area contributed by atoms with Crippen molar-refractivity contribution in [1.82, 2.24) is 15.3 Å². The number of carbonyl (C=O) groups is 1. The van der Waals surface area contributed by atoms with Gasteiger partial charge in [-0.25, -0.2) is 9.98 Å². The van der Waals surface area contributed by atoms with Crippen LogP contribution in [0, 0.1) is 18.3 Å². The van der Waals surface area contributed by atoms with Crippen molar-refractivity contribution >= 4 is 12.6 Å². The number of ether oxygens (including phenoxy) is 1. The number of nitriles is 1. The molecule has 0 saturated carbocycles. The highest BCUT2D eigenvalue weighted by atomic mass is 16.5. The molecule has 0 radical (unpaired) electrons. The first-order valence-electron chi connectivity index (χ1n) is 7.17. The summed E-state index contributed by atoms with van der Waals surface area (Å²) >= 11 is 0. The summed E-state index contributed by atoms with van der Waals surface area (Å²) in [6, 6.07) is 8.52. The summed E-state index contributed by atoms with van der Waals surface area (Å²) in [5.41, 5.74) is 0.876. The van der Waals surface area contributed by atoms with Crippen molar-refractivity contribution in [1.29, 1.82) is 5.26 Å². The van der Waals surface area contributed by atoms with Gasteiger partial charge in [-0.15, -0.1) is 0 Å². The van der Waals surface area contributed by atoms with E-state index >= 15 is 0 Å². The maximum absolute atomic E-state index is 12.4. The molecule has 0 unspecified atom stereocenters. The molecule has 0 spiro atoms. The molecule has 2 aromatic rings. The van der Waals surface area contributed by atoms with Gasteiger partial charge in [0.1, 0.15) is 23.0 Å². The largest absolute Gasteiger partial charge is 0.456 e. The molecule has 0 aliphatic carbocycles. The second kappa shape index (κ2) is 8.17. The van der Waals surface area contributed by atoms with Crippen molar-refractivity contribution in [2.24, 2.45) is 4.99 Å². The van der Waals surface area contributed by atoms with Crippen LogP contribution in [0.25, 0.3) is 0 Å². The number of allylic oxidation sites excluding steroid dienone is 2. The highest BCUT2D eigenvalue weighted by Crippen LogP contribution is 2.21. The van der Waals surface area contributed by atoms with Gasteiger partial charge in [-0.3, -0.25) is 9.78 Å². The van der Waals surface area contributed by atoms with Gasteiger partial charge in [-0.1, -0.05) is 6.58 Å². The van der Waals surface area contributed by atoms with Gasteiger partial charge in [0.15, 0.2) is 0 Å². The lowest BCUT2D eigenvalue weighted by Gasteiger charge is -2.09. The van der Waals surface area contributed by atoms with E-state index in [2.05, 4.69) is 33.6 Å². The van der Waals surface area contributed by atoms with Crippen LogP contribution in [0.3, 0.4) is 0 Å². The third-order valence-corrected chi connectivity index (χ3v) is 2.90. The van der Waals surface area contributed by atoms with Crippen molar-refractivity contribution < 1.29 is 9.53 Å². The smallest absolute Gasteiger partial charge is 0.275 e. The lowest BCUT2D eigenvalue weighted by atomic mass is 10.2. The Balaban J connectivity index is 2.22. The Bertz CT molecular complexity index is 882. The maximum atomic E-state index is 12.4. The standard InChI is InChI=1S/C18H15N5O2/c1-12(10-19)7-17(20-3)23-18(24)16-9-15(8-13(2)22-16)25-14-5-4-6-21-11-14/h4-9,11H,1,3H2,2H3,(H,23,24)/b17-7+. The number of amides is 1. The number of hydrogen-bond donors (Lipinski definition) is 1. The number of aromatic nitrogens is 2. The summed E-state index contributed by atoms with van der Waals surface area (Å²) in [7, 11) is 0. The molecule has 2 aromatic heterocycles. The van der Waals surface area contributed by atoms with E-state index in [9.17, 15) is 4.79 Å². The quantitative estimate of drug-likeness (QED) is 0.497. The van der Waals surface area contributed by atoms with Crippen molar-refractivity contribution in [2.45, 2.75) is 6.92 Å². The molecule has 7 nitrogen and oxygen atoms in total. The average Bonchev–Trinajstić information content (AvgIpc) is 2.61. The van der Waals surface area contributed by atoms with E-state index in [0.717, 1.165) is 0 Å². The monoisotopic (exact) mass is 333 g/mol. The van der Waals surface area contributed by atoms with Gasteiger partial charge in [0.25, 0.3) is 5.91 Å². The Kier molecular flexibility index (Phi) is 5.74. The zero-order chi connectivity index (χ0) is 18.2. The number of nitrogens with zero attached hydrogens (tertiary/aromatic N) is 4. The molecule has 2 heterocycles. The molecule has 2 rings (SSSR count). The minimum Gasteiger partial charge on any atom is -0.456 e. The number of carbonyl (C=O) groups excluding carboxylic acids is 1. The van der Waals surface area contributed by atoms with Gasteiger partial charge in [0, 0.05) is 29.6 Å². The Morgan fingerprint density at radius 3 is 2.88 bits per heavy atom. The van der Waals surface area contributed by atoms with Gasteiger partial charge in [0.2, 0.25) is 0 Å². The van der Waals surface area contributed by atoms with Crippen LogP contribution < -0.4 is 10.1 Å². The van der Waals surface area contributed by atoms with E-state index in [-0.39, 0.29) is 17.1 Å². The van der Waals surface area contributed by atoms with Crippen molar-refractivity contribution in [3.63, 3.8) is 0 Å². The molecule has 7 heteroatoms. The van der Waals surface area contributed by atoms with Crippen LogP contribution >= 0.6 is 0 Å². The van der Waals surface area contributed by atoms with E-state index in [0.29, 0.717) is 17.2 Å². The molecule has 0 atom stereocenters. The predicted octanol–water partition coefficient (Wildman–Crippen LogP) is 2.93. The second-order valence-electron chi connectivity index (χ2n) is 4.90. The first-order valence-corrected chi connectivity index (χ1v) is 7.17. The Hall–Kier alpha value is -3.79. The number of aliphatic imine (C=N–C) groups is 1. The fourth-order valence-electron chi connectivity index (χ4n) is 1.85. The number of pyridine rings is 2. The number of aryl methyl sites for hydroxylation is 1. The fraction of sp³-hybridized carbons (Fsp3) is 0.0556. The lowest BCUT2D eigenvalue weighted by Crippen LogP contribution is -2.23. The van der Waals surface area contributed by atoms with Crippen LogP contribution in [-0.4, -0.2) is 22.6 Å².